The van der Waals surface area contributed by atoms with E-state index in [1.165, 1.54) is 21.3 Å². The number of halogens is 2. The average Bonchev–Trinajstić information content (AvgIpc) is 2.86. The Morgan fingerprint density at radius 3 is 2.63 bits per heavy atom. The van der Waals surface area contributed by atoms with Crippen molar-refractivity contribution in [3.8, 4) is 0 Å². The molecule has 2 aromatic rings. The molecule has 0 spiro atoms. The van der Waals surface area contributed by atoms with Gasteiger partial charge in [-0.05, 0) is 58.0 Å². The Kier molecular flexibility index (Phi) is 4.27. The van der Waals surface area contributed by atoms with Crippen LogP contribution in [0.1, 0.15) is 28.7 Å². The molecule has 0 amide bonds. The van der Waals surface area contributed by atoms with E-state index in [1.807, 2.05) is 23.5 Å². The predicted octanol–water partition coefficient (Wildman–Crippen LogP) is 5.02. The second-order valence-corrected chi connectivity index (χ2v) is 7.13. The summed E-state index contributed by atoms with van der Waals surface area (Å²) in [5, 5.41) is 6.49. The summed E-state index contributed by atoms with van der Waals surface area (Å²) in [5.74, 6) is 1.12. The predicted molar refractivity (Wildman–Crippen MR) is 86.4 cm³/mol. The second-order valence-electron chi connectivity index (χ2n) is 4.89. The Morgan fingerprint density at radius 1 is 1.16 bits per heavy atom. The van der Waals surface area contributed by atoms with E-state index in [-0.39, 0.29) is 0 Å². The summed E-state index contributed by atoms with van der Waals surface area (Å²) in [5.41, 5.74) is 1.38. The van der Waals surface area contributed by atoms with Gasteiger partial charge in [-0.15, -0.1) is 11.3 Å². The molecule has 1 saturated heterocycles. The van der Waals surface area contributed by atoms with Crippen LogP contribution in [-0.4, -0.2) is 13.1 Å². The summed E-state index contributed by atoms with van der Waals surface area (Å²) >= 11 is 11.5. The third-order valence-corrected chi connectivity index (χ3v) is 6.02. The lowest BCUT2D eigenvalue weighted by Gasteiger charge is -2.32. The maximum absolute atomic E-state index is 5.99. The highest BCUT2D eigenvalue weighted by Gasteiger charge is 2.29. The number of nitrogens with one attached hydrogen (secondary N) is 1. The van der Waals surface area contributed by atoms with Gasteiger partial charge in [-0.25, -0.2) is 0 Å². The van der Waals surface area contributed by atoms with E-state index < -0.39 is 0 Å². The molecule has 1 aromatic carbocycles. The third-order valence-electron chi connectivity index (χ3n) is 3.76. The van der Waals surface area contributed by atoms with Crippen LogP contribution in [-0.2, 0) is 0 Å². The lowest BCUT2D eigenvalue weighted by atomic mass is 9.80. The van der Waals surface area contributed by atoms with Crippen LogP contribution < -0.4 is 5.32 Å². The molecule has 19 heavy (non-hydrogen) atoms. The van der Waals surface area contributed by atoms with Crippen LogP contribution in [0, 0.1) is 0 Å². The summed E-state index contributed by atoms with van der Waals surface area (Å²) in [6.45, 7) is 2.13. The molecule has 2 unspecified atom stereocenters. The minimum absolute atomic E-state index is 0.529. The fourth-order valence-corrected chi connectivity index (χ4v) is 4.80. The zero-order valence-electron chi connectivity index (χ0n) is 10.4. The van der Waals surface area contributed by atoms with Gasteiger partial charge in [0.1, 0.15) is 0 Å². The average molecular weight is 357 g/mol. The van der Waals surface area contributed by atoms with E-state index in [4.69, 9.17) is 11.6 Å². The van der Waals surface area contributed by atoms with Crippen molar-refractivity contribution in [3.63, 3.8) is 0 Å². The summed E-state index contributed by atoms with van der Waals surface area (Å²) in [4.78, 5) is 1.47. The van der Waals surface area contributed by atoms with Crippen LogP contribution in [0.15, 0.2) is 40.2 Å². The van der Waals surface area contributed by atoms with Gasteiger partial charge in [0.05, 0.1) is 0 Å². The van der Waals surface area contributed by atoms with Crippen molar-refractivity contribution in [3.05, 3.63) is 55.6 Å². The Morgan fingerprint density at radius 2 is 1.95 bits per heavy atom. The van der Waals surface area contributed by atoms with Crippen molar-refractivity contribution in [2.45, 2.75) is 18.3 Å². The molecule has 1 aliphatic heterocycles. The molecule has 100 valence electrons. The largest absolute Gasteiger partial charge is 0.316 e. The van der Waals surface area contributed by atoms with Crippen molar-refractivity contribution >= 4 is 38.9 Å². The summed E-state index contributed by atoms with van der Waals surface area (Å²) in [6.07, 6.45) is 1.19. The quantitative estimate of drug-likeness (QED) is 0.796. The summed E-state index contributed by atoms with van der Waals surface area (Å²) < 4.78 is 1.25. The van der Waals surface area contributed by atoms with Crippen LogP contribution in [0.5, 0.6) is 0 Å². The maximum Gasteiger partial charge on any atom is 0.0406 e. The van der Waals surface area contributed by atoms with Crippen LogP contribution in [0.4, 0.5) is 0 Å². The molecule has 2 heterocycles. The Labute approximate surface area is 131 Å². The zero-order chi connectivity index (χ0) is 13.2. The first-order chi connectivity index (χ1) is 9.25. The van der Waals surface area contributed by atoms with E-state index in [0.29, 0.717) is 11.8 Å². The lowest BCUT2D eigenvalue weighted by molar-refractivity contribution is 0.407. The lowest BCUT2D eigenvalue weighted by Crippen LogP contribution is -2.33. The molecular weight excluding hydrogens is 342 g/mol. The SMILES string of the molecule is Clc1ccc(C2CNCCC2c2sccc2Br)cc1. The Balaban J connectivity index is 1.93. The van der Waals surface area contributed by atoms with E-state index in [0.717, 1.165) is 18.1 Å². The molecule has 0 saturated carbocycles. The van der Waals surface area contributed by atoms with Gasteiger partial charge < -0.3 is 5.32 Å². The molecule has 0 aliphatic carbocycles. The monoisotopic (exact) mass is 355 g/mol. The maximum atomic E-state index is 5.99. The first-order valence-corrected chi connectivity index (χ1v) is 8.50. The van der Waals surface area contributed by atoms with Crippen molar-refractivity contribution in [1.82, 2.24) is 5.32 Å². The fourth-order valence-electron chi connectivity index (χ4n) is 2.80. The second kappa shape index (κ2) is 5.96. The van der Waals surface area contributed by atoms with Crippen molar-refractivity contribution in [2.75, 3.05) is 13.1 Å². The van der Waals surface area contributed by atoms with Gasteiger partial charge in [0, 0.05) is 32.8 Å². The molecule has 0 radical (unpaired) electrons. The van der Waals surface area contributed by atoms with Gasteiger partial charge in [-0.3, -0.25) is 0 Å². The molecule has 1 fully saturated rings. The first-order valence-electron chi connectivity index (χ1n) is 6.45. The highest BCUT2D eigenvalue weighted by atomic mass is 79.9. The van der Waals surface area contributed by atoms with Gasteiger partial charge in [-0.1, -0.05) is 23.7 Å². The van der Waals surface area contributed by atoms with E-state index >= 15 is 0 Å². The highest BCUT2D eigenvalue weighted by molar-refractivity contribution is 9.10. The minimum Gasteiger partial charge on any atom is -0.316 e. The Bertz CT molecular complexity index is 552. The van der Waals surface area contributed by atoms with Gasteiger partial charge in [0.2, 0.25) is 0 Å². The smallest absolute Gasteiger partial charge is 0.0406 e. The van der Waals surface area contributed by atoms with E-state index in [9.17, 15) is 0 Å². The molecule has 1 aromatic heterocycles. The van der Waals surface area contributed by atoms with E-state index in [1.54, 1.807) is 0 Å². The molecule has 1 aliphatic rings. The molecular formula is C15H15BrClNS. The fraction of sp³-hybridized carbons (Fsp3) is 0.333. The third kappa shape index (κ3) is 2.89. The van der Waals surface area contributed by atoms with Gasteiger partial charge in [-0.2, -0.15) is 0 Å². The van der Waals surface area contributed by atoms with Crippen LogP contribution in [0.2, 0.25) is 5.02 Å². The molecule has 3 rings (SSSR count). The molecule has 0 bridgehead atoms. The number of hydrogen-bond donors (Lipinski definition) is 1. The molecule has 1 nitrogen and oxygen atoms in total. The van der Waals surface area contributed by atoms with Crippen molar-refractivity contribution in [1.29, 1.82) is 0 Å². The standard InChI is InChI=1S/C15H15BrClNS/c16-14-6-8-19-15(14)12-5-7-18-9-13(12)10-1-3-11(17)4-2-10/h1-4,6,8,12-13,18H,5,7,9H2. The van der Waals surface area contributed by atoms with Crippen LogP contribution in [0.3, 0.4) is 0 Å². The topological polar surface area (TPSA) is 12.0 Å². The summed E-state index contributed by atoms with van der Waals surface area (Å²) in [6, 6.07) is 10.5. The number of piperidine rings is 1. The first kappa shape index (κ1) is 13.6. The minimum atomic E-state index is 0.529. The molecule has 4 heteroatoms. The molecule has 2 atom stereocenters. The van der Waals surface area contributed by atoms with Gasteiger partial charge in [0.25, 0.3) is 0 Å². The van der Waals surface area contributed by atoms with Crippen LogP contribution >= 0.6 is 38.9 Å². The van der Waals surface area contributed by atoms with Crippen molar-refractivity contribution in [2.24, 2.45) is 0 Å². The molecule has 1 N–H and O–H groups in total. The van der Waals surface area contributed by atoms with Crippen molar-refractivity contribution < 1.29 is 0 Å². The zero-order valence-corrected chi connectivity index (χ0v) is 13.6. The van der Waals surface area contributed by atoms with Gasteiger partial charge in [0.15, 0.2) is 0 Å². The number of hydrogen-bond acceptors (Lipinski definition) is 2. The Hall–Kier alpha value is -0.350. The number of thiophene rings is 1. The normalized spacial score (nSPS) is 23.5. The highest BCUT2D eigenvalue weighted by Crippen LogP contribution is 2.42. The van der Waals surface area contributed by atoms with E-state index in [2.05, 4.69) is 44.8 Å². The number of rotatable bonds is 2. The van der Waals surface area contributed by atoms with Crippen LogP contribution in [0.25, 0.3) is 0 Å². The number of benzene rings is 1. The van der Waals surface area contributed by atoms with Gasteiger partial charge >= 0.3 is 0 Å². The summed E-state index contributed by atoms with van der Waals surface area (Å²) in [7, 11) is 0.